The van der Waals surface area contributed by atoms with Gasteiger partial charge in [0.1, 0.15) is 18.0 Å². The number of anilines is 2. The van der Waals surface area contributed by atoms with Crippen LogP contribution < -0.4 is 10.6 Å². The standard InChI is InChI=1S/C15H26N4O/c1-6-16-13-12(10(2)3)14(18-9-17-13)19-15(5)7-8-20-11(15)4/h9-11H,6-8H2,1-5H3,(H2,16,17,18,19). The Hall–Kier alpha value is -1.36. The molecule has 1 aliphatic heterocycles. The summed E-state index contributed by atoms with van der Waals surface area (Å²) < 4.78 is 5.70. The van der Waals surface area contributed by atoms with Gasteiger partial charge in [0, 0.05) is 18.7 Å². The van der Waals surface area contributed by atoms with Crippen molar-refractivity contribution in [3.63, 3.8) is 0 Å². The Morgan fingerprint density at radius 1 is 1.40 bits per heavy atom. The lowest BCUT2D eigenvalue weighted by atomic mass is 9.93. The van der Waals surface area contributed by atoms with E-state index >= 15 is 0 Å². The molecule has 2 N–H and O–H groups in total. The molecule has 1 aromatic heterocycles. The third-order valence-electron chi connectivity index (χ3n) is 4.10. The van der Waals surface area contributed by atoms with Gasteiger partial charge in [0.15, 0.2) is 0 Å². The van der Waals surface area contributed by atoms with Crippen molar-refractivity contribution in [3.8, 4) is 0 Å². The molecule has 2 heterocycles. The summed E-state index contributed by atoms with van der Waals surface area (Å²) in [6.45, 7) is 12.4. The van der Waals surface area contributed by atoms with Crippen LogP contribution in [0.5, 0.6) is 0 Å². The summed E-state index contributed by atoms with van der Waals surface area (Å²) in [6.07, 6.45) is 2.79. The summed E-state index contributed by atoms with van der Waals surface area (Å²) in [5, 5.41) is 6.92. The number of hydrogen-bond acceptors (Lipinski definition) is 5. The van der Waals surface area contributed by atoms with Crippen molar-refractivity contribution >= 4 is 11.6 Å². The van der Waals surface area contributed by atoms with E-state index in [4.69, 9.17) is 4.74 Å². The Morgan fingerprint density at radius 2 is 2.10 bits per heavy atom. The molecular weight excluding hydrogens is 252 g/mol. The van der Waals surface area contributed by atoms with Gasteiger partial charge < -0.3 is 15.4 Å². The predicted octanol–water partition coefficient (Wildman–Crippen LogP) is 3.01. The average molecular weight is 278 g/mol. The zero-order valence-corrected chi connectivity index (χ0v) is 13.2. The maximum atomic E-state index is 5.70. The normalized spacial score (nSPS) is 26.0. The van der Waals surface area contributed by atoms with Crippen molar-refractivity contribution in [1.29, 1.82) is 0 Å². The first kappa shape index (κ1) is 15.0. The van der Waals surface area contributed by atoms with Crippen LogP contribution in [0.2, 0.25) is 0 Å². The summed E-state index contributed by atoms with van der Waals surface area (Å²) in [4.78, 5) is 8.84. The molecule has 0 aliphatic carbocycles. The number of aromatic nitrogens is 2. The summed E-state index contributed by atoms with van der Waals surface area (Å²) in [7, 11) is 0. The van der Waals surface area contributed by atoms with Crippen LogP contribution >= 0.6 is 0 Å². The van der Waals surface area contributed by atoms with Gasteiger partial charge in [-0.2, -0.15) is 0 Å². The monoisotopic (exact) mass is 278 g/mol. The first-order valence-electron chi connectivity index (χ1n) is 7.46. The van der Waals surface area contributed by atoms with E-state index in [1.807, 2.05) is 0 Å². The van der Waals surface area contributed by atoms with Crippen molar-refractivity contribution in [3.05, 3.63) is 11.9 Å². The highest BCUT2D eigenvalue weighted by atomic mass is 16.5. The van der Waals surface area contributed by atoms with Crippen LogP contribution in [0.25, 0.3) is 0 Å². The molecule has 0 saturated carbocycles. The average Bonchev–Trinajstić information content (AvgIpc) is 2.69. The van der Waals surface area contributed by atoms with Crippen molar-refractivity contribution in [2.24, 2.45) is 0 Å². The third-order valence-corrected chi connectivity index (χ3v) is 4.10. The fraction of sp³-hybridized carbons (Fsp3) is 0.733. The van der Waals surface area contributed by atoms with E-state index in [2.05, 4.69) is 55.2 Å². The quantitative estimate of drug-likeness (QED) is 0.867. The molecule has 5 heteroatoms. The van der Waals surface area contributed by atoms with Crippen LogP contribution in [0.15, 0.2) is 6.33 Å². The largest absolute Gasteiger partial charge is 0.376 e. The fourth-order valence-corrected chi connectivity index (χ4v) is 2.62. The van der Waals surface area contributed by atoms with Crippen LogP contribution in [-0.4, -0.2) is 34.8 Å². The lowest BCUT2D eigenvalue weighted by molar-refractivity contribution is 0.105. The van der Waals surface area contributed by atoms with Crippen molar-refractivity contribution in [2.45, 2.75) is 58.6 Å². The first-order chi connectivity index (χ1) is 9.48. The Bertz CT molecular complexity index is 463. The fourth-order valence-electron chi connectivity index (χ4n) is 2.62. The predicted molar refractivity (Wildman–Crippen MR) is 82.3 cm³/mol. The summed E-state index contributed by atoms with van der Waals surface area (Å²) >= 11 is 0. The van der Waals surface area contributed by atoms with Crippen LogP contribution in [0.1, 0.15) is 52.5 Å². The molecule has 0 amide bonds. The highest BCUT2D eigenvalue weighted by Gasteiger charge is 2.38. The molecule has 0 spiro atoms. The van der Waals surface area contributed by atoms with E-state index in [1.165, 1.54) is 0 Å². The molecule has 1 aromatic rings. The number of nitrogens with one attached hydrogen (secondary N) is 2. The number of ether oxygens (including phenoxy) is 1. The molecular formula is C15H26N4O. The van der Waals surface area contributed by atoms with E-state index < -0.39 is 0 Å². The minimum absolute atomic E-state index is 0.0680. The zero-order chi connectivity index (χ0) is 14.8. The zero-order valence-electron chi connectivity index (χ0n) is 13.2. The molecule has 112 valence electrons. The van der Waals surface area contributed by atoms with Gasteiger partial charge in [-0.3, -0.25) is 0 Å². The van der Waals surface area contributed by atoms with E-state index in [9.17, 15) is 0 Å². The Morgan fingerprint density at radius 3 is 2.65 bits per heavy atom. The molecule has 1 aliphatic rings. The number of hydrogen-bond donors (Lipinski definition) is 2. The van der Waals surface area contributed by atoms with Gasteiger partial charge in [0.05, 0.1) is 11.6 Å². The molecule has 0 bridgehead atoms. The van der Waals surface area contributed by atoms with Gasteiger partial charge in [0.2, 0.25) is 0 Å². The Balaban J connectivity index is 2.33. The SMILES string of the molecule is CCNc1ncnc(NC2(C)CCOC2C)c1C(C)C. The first-order valence-corrected chi connectivity index (χ1v) is 7.46. The van der Waals surface area contributed by atoms with Gasteiger partial charge in [-0.1, -0.05) is 13.8 Å². The highest BCUT2D eigenvalue weighted by Crippen LogP contribution is 2.34. The Labute approximate surface area is 121 Å². The minimum atomic E-state index is -0.0680. The van der Waals surface area contributed by atoms with Crippen LogP contribution in [0.4, 0.5) is 11.6 Å². The van der Waals surface area contributed by atoms with Crippen molar-refractivity contribution in [2.75, 3.05) is 23.8 Å². The second-order valence-electron chi connectivity index (χ2n) is 5.98. The van der Waals surface area contributed by atoms with Gasteiger partial charge in [0.25, 0.3) is 0 Å². The minimum Gasteiger partial charge on any atom is -0.376 e. The van der Waals surface area contributed by atoms with Crippen molar-refractivity contribution in [1.82, 2.24) is 9.97 Å². The van der Waals surface area contributed by atoms with Crippen LogP contribution in [-0.2, 0) is 4.74 Å². The molecule has 2 unspecified atom stereocenters. The second-order valence-corrected chi connectivity index (χ2v) is 5.98. The topological polar surface area (TPSA) is 59.1 Å². The molecule has 2 atom stereocenters. The van der Waals surface area contributed by atoms with Gasteiger partial charge >= 0.3 is 0 Å². The van der Waals surface area contributed by atoms with Gasteiger partial charge in [-0.15, -0.1) is 0 Å². The van der Waals surface area contributed by atoms with E-state index in [0.717, 1.165) is 36.8 Å². The van der Waals surface area contributed by atoms with Crippen LogP contribution in [0, 0.1) is 0 Å². The molecule has 1 saturated heterocycles. The number of nitrogens with zero attached hydrogens (tertiary/aromatic N) is 2. The molecule has 1 fully saturated rings. The second kappa shape index (κ2) is 5.95. The lowest BCUT2D eigenvalue weighted by Crippen LogP contribution is -2.42. The van der Waals surface area contributed by atoms with E-state index in [1.54, 1.807) is 6.33 Å². The number of rotatable bonds is 5. The lowest BCUT2D eigenvalue weighted by Gasteiger charge is -2.31. The van der Waals surface area contributed by atoms with Crippen molar-refractivity contribution < 1.29 is 4.74 Å². The maximum absolute atomic E-state index is 5.70. The van der Waals surface area contributed by atoms with Gasteiger partial charge in [-0.25, -0.2) is 9.97 Å². The van der Waals surface area contributed by atoms with E-state index in [-0.39, 0.29) is 11.6 Å². The maximum Gasteiger partial charge on any atom is 0.135 e. The third kappa shape index (κ3) is 2.87. The van der Waals surface area contributed by atoms with E-state index in [0.29, 0.717) is 5.92 Å². The molecule has 0 aromatic carbocycles. The molecule has 20 heavy (non-hydrogen) atoms. The summed E-state index contributed by atoms with van der Waals surface area (Å²) in [5.74, 6) is 2.20. The molecule has 0 radical (unpaired) electrons. The smallest absolute Gasteiger partial charge is 0.135 e. The summed E-state index contributed by atoms with van der Waals surface area (Å²) in [6, 6.07) is 0. The summed E-state index contributed by atoms with van der Waals surface area (Å²) in [5.41, 5.74) is 1.08. The Kier molecular flexibility index (Phi) is 4.48. The van der Waals surface area contributed by atoms with Crippen LogP contribution in [0.3, 0.4) is 0 Å². The van der Waals surface area contributed by atoms with Gasteiger partial charge in [-0.05, 0) is 33.1 Å². The highest BCUT2D eigenvalue weighted by molar-refractivity contribution is 5.60. The molecule has 5 nitrogen and oxygen atoms in total. The molecule has 2 rings (SSSR count).